The highest BCUT2D eigenvalue weighted by atomic mass is 16.5. The predicted molar refractivity (Wildman–Crippen MR) is 68.2 cm³/mol. The fourth-order valence-corrected chi connectivity index (χ4v) is 1.63. The van der Waals surface area contributed by atoms with Gasteiger partial charge in [0.1, 0.15) is 24.0 Å². The zero-order valence-corrected chi connectivity index (χ0v) is 10.1. The fraction of sp³-hybridized carbons (Fsp3) is 0.143. The second-order valence-electron chi connectivity index (χ2n) is 3.98. The number of hydrogen-bond acceptors (Lipinski definition) is 4. The number of carbonyl (C=O) groups is 1. The highest BCUT2D eigenvalue weighted by Gasteiger charge is 2.20. The van der Waals surface area contributed by atoms with Crippen molar-refractivity contribution in [2.45, 2.75) is 5.92 Å². The summed E-state index contributed by atoms with van der Waals surface area (Å²) < 4.78 is 5.41. The van der Waals surface area contributed by atoms with Crippen LogP contribution in [0.15, 0.2) is 48.8 Å². The summed E-state index contributed by atoms with van der Waals surface area (Å²) in [5, 5.41) is 18.4. The number of hydrogen-bond donors (Lipinski definition) is 2. The molecule has 0 fully saturated rings. The molecule has 0 aliphatic carbocycles. The minimum absolute atomic E-state index is 0.00576. The summed E-state index contributed by atoms with van der Waals surface area (Å²) in [5.74, 6) is -1.15. The zero-order chi connectivity index (χ0) is 13.7. The lowest BCUT2D eigenvalue weighted by Gasteiger charge is -2.14. The molecule has 0 radical (unpaired) electrons. The molecule has 2 rings (SSSR count). The lowest BCUT2D eigenvalue weighted by Crippen LogP contribution is -2.19. The van der Waals surface area contributed by atoms with E-state index in [2.05, 4.69) is 4.98 Å². The van der Waals surface area contributed by atoms with Gasteiger partial charge in [-0.1, -0.05) is 12.1 Å². The summed E-state index contributed by atoms with van der Waals surface area (Å²) in [7, 11) is 0. The largest absolute Gasteiger partial charge is 0.508 e. The maximum atomic E-state index is 11.2. The standard InChI is InChI=1S/C14H13NO4/c16-11-5-3-10(4-6-11)13(14(17)18)9-19-12-2-1-7-15-8-12/h1-8,13,16H,9H2,(H,17,18). The molecular formula is C14H13NO4. The molecule has 1 unspecified atom stereocenters. The number of aromatic nitrogens is 1. The van der Waals surface area contributed by atoms with Crippen molar-refractivity contribution < 1.29 is 19.7 Å². The topological polar surface area (TPSA) is 79.7 Å². The van der Waals surface area contributed by atoms with Gasteiger partial charge >= 0.3 is 5.97 Å². The van der Waals surface area contributed by atoms with Crippen LogP contribution in [0.2, 0.25) is 0 Å². The van der Waals surface area contributed by atoms with Crippen LogP contribution in [0.4, 0.5) is 0 Å². The number of rotatable bonds is 5. The summed E-state index contributed by atoms with van der Waals surface area (Å²) in [6.45, 7) is 0.00576. The minimum Gasteiger partial charge on any atom is -0.508 e. The molecular weight excluding hydrogens is 246 g/mol. The van der Waals surface area contributed by atoms with E-state index in [0.717, 1.165) is 0 Å². The Balaban J connectivity index is 2.09. The third-order valence-electron chi connectivity index (χ3n) is 2.64. The van der Waals surface area contributed by atoms with Gasteiger partial charge in [0.15, 0.2) is 0 Å². The van der Waals surface area contributed by atoms with Crippen molar-refractivity contribution in [2.75, 3.05) is 6.61 Å². The molecule has 0 amide bonds. The lowest BCUT2D eigenvalue weighted by molar-refractivity contribution is -0.139. The van der Waals surface area contributed by atoms with Gasteiger partial charge in [-0.25, -0.2) is 0 Å². The smallest absolute Gasteiger partial charge is 0.314 e. The highest BCUT2D eigenvalue weighted by Crippen LogP contribution is 2.20. The third-order valence-corrected chi connectivity index (χ3v) is 2.64. The number of carboxylic acids is 1. The van der Waals surface area contributed by atoms with Crippen molar-refractivity contribution in [1.82, 2.24) is 4.98 Å². The van der Waals surface area contributed by atoms with Crippen LogP contribution in [0.25, 0.3) is 0 Å². The molecule has 2 N–H and O–H groups in total. The van der Waals surface area contributed by atoms with Crippen LogP contribution < -0.4 is 4.74 Å². The molecule has 1 aromatic carbocycles. The zero-order valence-electron chi connectivity index (χ0n) is 10.1. The molecule has 5 nitrogen and oxygen atoms in total. The second kappa shape index (κ2) is 5.86. The van der Waals surface area contributed by atoms with E-state index in [-0.39, 0.29) is 12.4 Å². The van der Waals surface area contributed by atoms with Gasteiger partial charge < -0.3 is 14.9 Å². The number of aliphatic carboxylic acids is 1. The van der Waals surface area contributed by atoms with Crippen LogP contribution >= 0.6 is 0 Å². The van der Waals surface area contributed by atoms with E-state index in [1.54, 1.807) is 30.5 Å². The molecule has 5 heteroatoms. The Hall–Kier alpha value is -2.56. The van der Waals surface area contributed by atoms with Crippen LogP contribution in [0, 0.1) is 0 Å². The number of ether oxygens (including phenoxy) is 1. The van der Waals surface area contributed by atoms with Gasteiger partial charge in [-0.3, -0.25) is 9.78 Å². The van der Waals surface area contributed by atoms with E-state index in [1.807, 2.05) is 0 Å². The number of phenolic OH excluding ortho intramolecular Hbond substituents is 1. The Morgan fingerprint density at radius 3 is 2.58 bits per heavy atom. The van der Waals surface area contributed by atoms with Gasteiger partial charge in [0, 0.05) is 6.20 Å². The molecule has 0 aliphatic heterocycles. The molecule has 2 aromatic rings. The van der Waals surface area contributed by atoms with Gasteiger partial charge in [-0.2, -0.15) is 0 Å². The molecule has 19 heavy (non-hydrogen) atoms. The molecule has 0 spiro atoms. The average Bonchev–Trinajstić information content (AvgIpc) is 2.42. The number of aromatic hydroxyl groups is 1. The number of nitrogens with zero attached hydrogens (tertiary/aromatic N) is 1. The minimum atomic E-state index is -0.977. The number of phenols is 1. The third kappa shape index (κ3) is 3.45. The maximum Gasteiger partial charge on any atom is 0.314 e. The van der Waals surface area contributed by atoms with Crippen molar-refractivity contribution in [2.24, 2.45) is 0 Å². The van der Waals surface area contributed by atoms with Crippen molar-refractivity contribution >= 4 is 5.97 Å². The second-order valence-corrected chi connectivity index (χ2v) is 3.98. The van der Waals surface area contributed by atoms with Crippen LogP contribution in [-0.2, 0) is 4.79 Å². The molecule has 98 valence electrons. The summed E-state index contributed by atoms with van der Waals surface area (Å²) in [6, 6.07) is 9.47. The summed E-state index contributed by atoms with van der Waals surface area (Å²) in [5.41, 5.74) is 0.578. The first-order chi connectivity index (χ1) is 9.16. The van der Waals surface area contributed by atoms with E-state index >= 15 is 0 Å². The van der Waals surface area contributed by atoms with E-state index < -0.39 is 11.9 Å². The van der Waals surface area contributed by atoms with Crippen molar-refractivity contribution in [3.63, 3.8) is 0 Å². The molecule has 1 heterocycles. The average molecular weight is 259 g/mol. The maximum absolute atomic E-state index is 11.2. The van der Waals surface area contributed by atoms with Gasteiger partial charge in [0.05, 0.1) is 6.20 Å². The van der Waals surface area contributed by atoms with Crippen LogP contribution in [0.1, 0.15) is 11.5 Å². The fourth-order valence-electron chi connectivity index (χ4n) is 1.63. The Morgan fingerprint density at radius 2 is 2.00 bits per heavy atom. The van der Waals surface area contributed by atoms with Gasteiger partial charge in [-0.05, 0) is 29.8 Å². The molecule has 1 aromatic heterocycles. The van der Waals surface area contributed by atoms with Gasteiger partial charge in [0.25, 0.3) is 0 Å². The lowest BCUT2D eigenvalue weighted by atomic mass is 10.0. The summed E-state index contributed by atoms with van der Waals surface area (Å²) >= 11 is 0. The molecule has 0 saturated heterocycles. The monoisotopic (exact) mass is 259 g/mol. The quantitative estimate of drug-likeness (QED) is 0.858. The number of benzene rings is 1. The van der Waals surface area contributed by atoms with Gasteiger partial charge in [-0.15, -0.1) is 0 Å². The molecule has 1 atom stereocenters. The SMILES string of the molecule is O=C(O)C(COc1cccnc1)c1ccc(O)cc1. The van der Waals surface area contributed by atoms with E-state index in [1.165, 1.54) is 18.3 Å². The molecule has 0 bridgehead atoms. The normalized spacial score (nSPS) is 11.8. The Morgan fingerprint density at radius 1 is 1.26 bits per heavy atom. The summed E-state index contributed by atoms with van der Waals surface area (Å²) in [4.78, 5) is 15.1. The van der Waals surface area contributed by atoms with Crippen molar-refractivity contribution in [1.29, 1.82) is 0 Å². The van der Waals surface area contributed by atoms with E-state index in [0.29, 0.717) is 11.3 Å². The predicted octanol–water partition coefficient (Wildman–Crippen LogP) is 2.03. The Labute approximate surface area is 110 Å². The van der Waals surface area contributed by atoms with Crippen molar-refractivity contribution in [3.05, 3.63) is 54.4 Å². The molecule has 0 aliphatic rings. The van der Waals surface area contributed by atoms with Crippen molar-refractivity contribution in [3.8, 4) is 11.5 Å². The summed E-state index contributed by atoms with van der Waals surface area (Å²) in [6.07, 6.45) is 3.14. The Kier molecular flexibility index (Phi) is 3.97. The van der Waals surface area contributed by atoms with E-state index in [4.69, 9.17) is 4.74 Å². The van der Waals surface area contributed by atoms with Crippen LogP contribution in [0.3, 0.4) is 0 Å². The van der Waals surface area contributed by atoms with Crippen LogP contribution in [-0.4, -0.2) is 27.8 Å². The Bertz CT molecular complexity index is 539. The van der Waals surface area contributed by atoms with E-state index in [9.17, 15) is 15.0 Å². The highest BCUT2D eigenvalue weighted by molar-refractivity contribution is 5.76. The first-order valence-corrected chi connectivity index (χ1v) is 5.71. The number of pyridine rings is 1. The number of carboxylic acid groups (broad SMARTS) is 1. The first-order valence-electron chi connectivity index (χ1n) is 5.71. The van der Waals surface area contributed by atoms with Crippen LogP contribution in [0.5, 0.6) is 11.5 Å². The molecule has 0 saturated carbocycles. The first kappa shape index (κ1) is 12.9. The van der Waals surface area contributed by atoms with Gasteiger partial charge in [0.2, 0.25) is 0 Å².